The van der Waals surface area contributed by atoms with Crippen LogP contribution >= 0.6 is 0 Å². The maximum absolute atomic E-state index is 12.2. The van der Waals surface area contributed by atoms with E-state index in [0.717, 1.165) is 12.1 Å². The van der Waals surface area contributed by atoms with Gasteiger partial charge in [0.2, 0.25) is 11.8 Å². The molecular weight excluding hydrogens is 374 g/mol. The van der Waals surface area contributed by atoms with Crippen molar-refractivity contribution in [2.75, 3.05) is 17.2 Å². The van der Waals surface area contributed by atoms with Crippen LogP contribution in [0.1, 0.15) is 28.9 Å². The molecule has 1 unspecified atom stereocenters. The van der Waals surface area contributed by atoms with Gasteiger partial charge >= 0.3 is 5.97 Å². The van der Waals surface area contributed by atoms with Crippen LogP contribution in [0.2, 0.25) is 0 Å². The maximum Gasteiger partial charge on any atom is 0.323 e. The van der Waals surface area contributed by atoms with Gasteiger partial charge in [-0.2, -0.15) is 0 Å². The Morgan fingerprint density at radius 2 is 2.11 bits per heavy atom. The Labute approximate surface area is 156 Å². The van der Waals surface area contributed by atoms with Crippen LogP contribution in [-0.4, -0.2) is 44.6 Å². The van der Waals surface area contributed by atoms with Gasteiger partial charge in [-0.3, -0.25) is 24.5 Å². The Morgan fingerprint density at radius 1 is 1.36 bits per heavy atom. The lowest BCUT2D eigenvalue weighted by Gasteiger charge is -2.10. The molecule has 0 radical (unpaired) electrons. The van der Waals surface area contributed by atoms with E-state index in [2.05, 4.69) is 20.8 Å². The monoisotopic (exact) mass is 387 g/mol. The van der Waals surface area contributed by atoms with E-state index in [0.29, 0.717) is 0 Å². The number of nitrogens with zero attached hydrogens (tertiary/aromatic N) is 3. The second kappa shape index (κ2) is 7.26. The van der Waals surface area contributed by atoms with Crippen molar-refractivity contribution < 1.29 is 29.2 Å². The lowest BCUT2D eigenvalue weighted by molar-refractivity contribution is -0.384. The van der Waals surface area contributed by atoms with E-state index in [1.807, 2.05) is 0 Å². The quantitative estimate of drug-likeness (QED) is 0.292. The first-order chi connectivity index (χ1) is 13.3. The van der Waals surface area contributed by atoms with Gasteiger partial charge in [0.1, 0.15) is 5.69 Å². The van der Waals surface area contributed by atoms with E-state index in [-0.39, 0.29) is 29.2 Å². The maximum atomic E-state index is 12.2. The molecule has 2 heterocycles. The van der Waals surface area contributed by atoms with Crippen molar-refractivity contribution in [3.63, 3.8) is 0 Å². The van der Waals surface area contributed by atoms with Crippen LogP contribution in [-0.2, 0) is 14.3 Å². The molecule has 3 N–H and O–H groups in total. The summed E-state index contributed by atoms with van der Waals surface area (Å²) in [5.74, 6) is -4.06. The highest BCUT2D eigenvalue weighted by atomic mass is 16.6. The number of nitro groups is 1. The Morgan fingerprint density at radius 3 is 2.71 bits per heavy atom. The zero-order valence-electron chi connectivity index (χ0n) is 14.3. The number of aromatic hydroxyl groups is 1. The third-order valence-corrected chi connectivity index (χ3v) is 3.85. The minimum atomic E-state index is -1.33. The molecule has 0 saturated heterocycles. The standard InChI is InChI=1S/C16H13N5O7/c1-2-28-16(25)13-7-5-11(21(26)27)10(6-9(7)17-15(13)24)18-14(23)8-3-4-12(22)20-19-8/h3-6,13H,2H2,1H3,(H,17,24)(H,18,23)(H,20,22). The average Bonchev–Trinajstić information content (AvgIpc) is 2.96. The number of hydrogen-bond donors (Lipinski definition) is 3. The number of amides is 2. The second-order valence-corrected chi connectivity index (χ2v) is 5.62. The Hall–Kier alpha value is -4.09. The molecule has 2 aromatic rings. The van der Waals surface area contributed by atoms with Crippen molar-refractivity contribution in [3.8, 4) is 5.88 Å². The molecule has 12 nitrogen and oxygen atoms in total. The molecule has 1 aliphatic rings. The van der Waals surface area contributed by atoms with Gasteiger partial charge < -0.3 is 20.5 Å². The van der Waals surface area contributed by atoms with Crippen molar-refractivity contribution in [2.45, 2.75) is 12.8 Å². The molecule has 2 amide bonds. The molecule has 1 aliphatic heterocycles. The van der Waals surface area contributed by atoms with Gasteiger partial charge in [-0.25, -0.2) is 0 Å². The first kappa shape index (κ1) is 18.7. The molecule has 0 spiro atoms. The molecular formula is C16H13N5O7. The summed E-state index contributed by atoms with van der Waals surface area (Å²) in [6.45, 7) is 1.61. The predicted octanol–water partition coefficient (Wildman–Crippen LogP) is 0.941. The average molecular weight is 387 g/mol. The summed E-state index contributed by atoms with van der Waals surface area (Å²) in [5.41, 5.74) is -0.711. The molecule has 0 aliphatic carbocycles. The van der Waals surface area contributed by atoms with Gasteiger partial charge in [0.15, 0.2) is 11.6 Å². The first-order valence-corrected chi connectivity index (χ1v) is 7.95. The number of carbonyl (C=O) groups excluding carboxylic acids is 3. The number of hydrogen-bond acceptors (Lipinski definition) is 9. The second-order valence-electron chi connectivity index (χ2n) is 5.62. The molecule has 0 saturated carbocycles. The summed E-state index contributed by atoms with van der Waals surface area (Å²) in [5, 5.41) is 32.1. The molecule has 0 bridgehead atoms. The van der Waals surface area contributed by atoms with Gasteiger partial charge in [-0.05, 0) is 19.1 Å². The minimum Gasteiger partial charge on any atom is -0.492 e. The van der Waals surface area contributed by atoms with E-state index < -0.39 is 40.2 Å². The molecule has 1 aromatic carbocycles. The van der Waals surface area contributed by atoms with E-state index in [1.54, 1.807) is 6.92 Å². The van der Waals surface area contributed by atoms with Gasteiger partial charge in [-0.15, -0.1) is 10.2 Å². The number of ether oxygens (including phenoxy) is 1. The largest absolute Gasteiger partial charge is 0.492 e. The number of nitro benzene ring substituents is 1. The van der Waals surface area contributed by atoms with Crippen LogP contribution < -0.4 is 10.6 Å². The van der Waals surface area contributed by atoms with Crippen LogP contribution in [0.4, 0.5) is 17.1 Å². The van der Waals surface area contributed by atoms with Crippen LogP contribution in [0.15, 0.2) is 24.3 Å². The summed E-state index contributed by atoms with van der Waals surface area (Å²) in [7, 11) is 0. The summed E-state index contributed by atoms with van der Waals surface area (Å²) in [6.07, 6.45) is 0. The number of nitrogens with one attached hydrogen (secondary N) is 2. The lowest BCUT2D eigenvalue weighted by Crippen LogP contribution is -2.23. The number of fused-ring (bicyclic) bond motifs is 1. The molecule has 1 atom stereocenters. The highest BCUT2D eigenvalue weighted by molar-refractivity contribution is 6.16. The van der Waals surface area contributed by atoms with E-state index >= 15 is 0 Å². The van der Waals surface area contributed by atoms with Crippen LogP contribution in [0.3, 0.4) is 0 Å². The van der Waals surface area contributed by atoms with E-state index in [4.69, 9.17) is 9.84 Å². The van der Waals surface area contributed by atoms with Crippen molar-refractivity contribution >= 4 is 34.8 Å². The zero-order chi connectivity index (χ0) is 20.4. The Balaban J connectivity index is 1.97. The van der Waals surface area contributed by atoms with E-state index in [9.17, 15) is 24.5 Å². The van der Waals surface area contributed by atoms with Gasteiger partial charge in [0.25, 0.3) is 11.6 Å². The molecule has 1 aromatic heterocycles. The third kappa shape index (κ3) is 3.42. The van der Waals surface area contributed by atoms with Crippen molar-refractivity contribution in [1.29, 1.82) is 0 Å². The predicted molar refractivity (Wildman–Crippen MR) is 92.8 cm³/mol. The summed E-state index contributed by atoms with van der Waals surface area (Å²) >= 11 is 0. The van der Waals surface area contributed by atoms with Gasteiger partial charge in [0, 0.05) is 23.4 Å². The zero-order valence-corrected chi connectivity index (χ0v) is 14.3. The van der Waals surface area contributed by atoms with Crippen LogP contribution in [0.25, 0.3) is 0 Å². The summed E-state index contributed by atoms with van der Waals surface area (Å²) in [4.78, 5) is 47.0. The van der Waals surface area contributed by atoms with Crippen LogP contribution in [0.5, 0.6) is 5.88 Å². The third-order valence-electron chi connectivity index (χ3n) is 3.85. The number of aromatic nitrogens is 2. The fraction of sp³-hybridized carbons (Fsp3) is 0.188. The number of benzene rings is 1. The smallest absolute Gasteiger partial charge is 0.323 e. The fourth-order valence-electron chi connectivity index (χ4n) is 2.64. The summed E-state index contributed by atoms with van der Waals surface area (Å²) < 4.78 is 4.84. The number of carbonyl (C=O) groups is 3. The minimum absolute atomic E-state index is 0.0435. The Bertz CT molecular complexity index is 990. The SMILES string of the molecule is CCOC(=O)C1C(=O)Nc2cc(NC(=O)c3ccc(O)nn3)c([N+](=O)[O-])cc21. The molecule has 3 rings (SSSR count). The molecule has 0 fully saturated rings. The molecule has 144 valence electrons. The number of rotatable bonds is 5. The van der Waals surface area contributed by atoms with E-state index in [1.165, 1.54) is 12.1 Å². The fourth-order valence-corrected chi connectivity index (χ4v) is 2.64. The van der Waals surface area contributed by atoms with Crippen molar-refractivity contribution in [1.82, 2.24) is 10.2 Å². The Kier molecular flexibility index (Phi) is 4.85. The molecule has 12 heteroatoms. The first-order valence-electron chi connectivity index (χ1n) is 7.95. The summed E-state index contributed by atoms with van der Waals surface area (Å²) in [6, 6.07) is 4.52. The van der Waals surface area contributed by atoms with Crippen molar-refractivity contribution in [2.24, 2.45) is 0 Å². The normalized spacial score (nSPS) is 14.8. The van der Waals surface area contributed by atoms with Crippen LogP contribution in [0, 0.1) is 10.1 Å². The van der Waals surface area contributed by atoms with Crippen molar-refractivity contribution in [3.05, 3.63) is 45.6 Å². The lowest BCUT2D eigenvalue weighted by atomic mass is 9.99. The number of anilines is 2. The highest BCUT2D eigenvalue weighted by Gasteiger charge is 2.40. The van der Waals surface area contributed by atoms with Gasteiger partial charge in [0.05, 0.1) is 11.5 Å². The number of esters is 1. The topological polar surface area (TPSA) is 174 Å². The molecule has 28 heavy (non-hydrogen) atoms. The highest BCUT2D eigenvalue weighted by Crippen LogP contribution is 2.40. The van der Waals surface area contributed by atoms with Gasteiger partial charge in [-0.1, -0.05) is 0 Å².